The largest absolute Gasteiger partial charge is 0.444 e. The third-order valence-electron chi connectivity index (χ3n) is 5.28. The topological polar surface area (TPSA) is 96.9 Å². The van der Waals surface area contributed by atoms with Crippen LogP contribution in [0.2, 0.25) is 0 Å². The number of hydrogen-bond donors (Lipinski definition) is 3. The summed E-state index contributed by atoms with van der Waals surface area (Å²) in [4.78, 5) is 24.6. The first-order valence-electron chi connectivity index (χ1n) is 12.3. The highest BCUT2D eigenvalue weighted by atomic mass is 16.6. The fraction of sp³-hybridized carbons (Fsp3) is 0.630. The van der Waals surface area contributed by atoms with Crippen molar-refractivity contribution >= 4 is 12.0 Å². The van der Waals surface area contributed by atoms with Crippen molar-refractivity contribution in [3.63, 3.8) is 0 Å². The molecule has 2 amide bonds. The Bertz CT molecular complexity index is 745. The average molecular weight is 477 g/mol. The summed E-state index contributed by atoms with van der Waals surface area (Å²) in [5.74, 6) is -0.108. The zero-order valence-corrected chi connectivity index (χ0v) is 21.6. The van der Waals surface area contributed by atoms with Crippen LogP contribution in [-0.2, 0) is 20.9 Å². The van der Waals surface area contributed by atoms with Crippen LogP contribution < -0.4 is 10.6 Å². The number of benzene rings is 1. The lowest BCUT2D eigenvalue weighted by molar-refractivity contribution is -0.117. The van der Waals surface area contributed by atoms with Gasteiger partial charge in [-0.3, -0.25) is 4.79 Å². The summed E-state index contributed by atoms with van der Waals surface area (Å²) >= 11 is 0. The van der Waals surface area contributed by atoms with Crippen molar-refractivity contribution in [1.29, 1.82) is 0 Å². The molecule has 0 aliphatic rings. The number of rotatable bonds is 15. The summed E-state index contributed by atoms with van der Waals surface area (Å²) in [6.07, 6.45) is 1.64. The number of carbonyl (C=O) groups is 2. The smallest absolute Gasteiger partial charge is 0.407 e. The van der Waals surface area contributed by atoms with E-state index in [2.05, 4.69) is 24.1 Å². The van der Waals surface area contributed by atoms with E-state index in [0.717, 1.165) is 24.8 Å². The summed E-state index contributed by atoms with van der Waals surface area (Å²) in [5, 5.41) is 16.5. The first-order valence-corrected chi connectivity index (χ1v) is 12.3. The van der Waals surface area contributed by atoms with E-state index in [4.69, 9.17) is 9.47 Å². The second kappa shape index (κ2) is 15.5. The molecular weight excluding hydrogens is 432 g/mol. The molecule has 3 N–H and O–H groups in total. The van der Waals surface area contributed by atoms with Crippen molar-refractivity contribution in [2.24, 2.45) is 5.92 Å². The summed E-state index contributed by atoms with van der Waals surface area (Å²) in [6.45, 7) is 15.0. The van der Waals surface area contributed by atoms with Crippen LogP contribution in [0, 0.1) is 5.92 Å². The Balaban J connectivity index is 2.64. The van der Waals surface area contributed by atoms with E-state index in [1.807, 2.05) is 37.3 Å². The first kappa shape index (κ1) is 29.7. The molecule has 0 unspecified atom stereocenters. The molecule has 0 bridgehead atoms. The Kier molecular flexibility index (Phi) is 13.5. The molecule has 7 nitrogen and oxygen atoms in total. The lowest BCUT2D eigenvalue weighted by Crippen LogP contribution is -2.47. The zero-order valence-electron chi connectivity index (χ0n) is 21.6. The van der Waals surface area contributed by atoms with E-state index in [9.17, 15) is 14.7 Å². The van der Waals surface area contributed by atoms with Gasteiger partial charge in [0.15, 0.2) is 0 Å². The zero-order chi connectivity index (χ0) is 25.6. The number of carbonyl (C=O) groups excluding carboxylic acids is 2. The quantitative estimate of drug-likeness (QED) is 0.251. The van der Waals surface area contributed by atoms with Crippen LogP contribution >= 0.6 is 0 Å². The average Bonchev–Trinajstić information content (AvgIpc) is 2.75. The lowest BCUT2D eigenvalue weighted by atomic mass is 9.92. The molecule has 0 radical (unpaired) electrons. The highest BCUT2D eigenvalue weighted by molar-refractivity contribution is 5.92. The van der Waals surface area contributed by atoms with E-state index in [1.54, 1.807) is 20.8 Å². The minimum atomic E-state index is -0.968. The van der Waals surface area contributed by atoms with Gasteiger partial charge in [-0.2, -0.15) is 0 Å². The van der Waals surface area contributed by atoms with E-state index < -0.39 is 23.8 Å². The molecule has 7 heteroatoms. The Morgan fingerprint density at radius 2 is 1.85 bits per heavy atom. The summed E-state index contributed by atoms with van der Waals surface area (Å²) in [7, 11) is 0. The van der Waals surface area contributed by atoms with Gasteiger partial charge in [0, 0.05) is 25.1 Å². The predicted molar refractivity (Wildman–Crippen MR) is 135 cm³/mol. The van der Waals surface area contributed by atoms with Crippen molar-refractivity contribution in [1.82, 2.24) is 10.6 Å². The van der Waals surface area contributed by atoms with E-state index in [0.29, 0.717) is 31.8 Å². The van der Waals surface area contributed by atoms with E-state index in [1.165, 1.54) is 0 Å². The van der Waals surface area contributed by atoms with Gasteiger partial charge in [0.1, 0.15) is 5.60 Å². The molecular formula is C27H44N2O5. The van der Waals surface area contributed by atoms with Crippen molar-refractivity contribution in [3.8, 4) is 0 Å². The SMILES string of the molecule is C=C(C[C@H](O)[C@H](C[C@@H](C)CCOCc1ccccc1)NC(=O)OC(C)(C)C)C(=O)NCCCC. The van der Waals surface area contributed by atoms with Gasteiger partial charge in [-0.25, -0.2) is 4.79 Å². The fourth-order valence-electron chi connectivity index (χ4n) is 3.36. The summed E-state index contributed by atoms with van der Waals surface area (Å²) < 4.78 is 11.2. The van der Waals surface area contributed by atoms with Gasteiger partial charge < -0.3 is 25.2 Å². The van der Waals surface area contributed by atoms with Crippen LogP contribution in [0.5, 0.6) is 0 Å². The summed E-state index contributed by atoms with van der Waals surface area (Å²) in [6, 6.07) is 9.39. The van der Waals surface area contributed by atoms with Crippen LogP contribution in [-0.4, -0.2) is 48.0 Å². The van der Waals surface area contributed by atoms with Crippen LogP contribution in [0.25, 0.3) is 0 Å². The van der Waals surface area contributed by atoms with Crippen LogP contribution in [0.3, 0.4) is 0 Å². The minimum absolute atomic E-state index is 0.0651. The number of hydrogen-bond acceptors (Lipinski definition) is 5. The maximum atomic E-state index is 12.4. The number of aliphatic hydroxyl groups excluding tert-OH is 1. The van der Waals surface area contributed by atoms with Gasteiger partial charge in [0.2, 0.25) is 5.91 Å². The van der Waals surface area contributed by atoms with Gasteiger partial charge in [-0.1, -0.05) is 57.2 Å². The van der Waals surface area contributed by atoms with Crippen LogP contribution in [0.1, 0.15) is 72.3 Å². The molecule has 0 aromatic heterocycles. The number of alkyl carbamates (subject to hydrolysis) is 1. The van der Waals surface area contributed by atoms with Crippen molar-refractivity contribution in [2.45, 2.75) is 91.1 Å². The van der Waals surface area contributed by atoms with Crippen LogP contribution in [0.15, 0.2) is 42.5 Å². The van der Waals surface area contributed by atoms with Crippen molar-refractivity contribution in [3.05, 3.63) is 48.0 Å². The first-order chi connectivity index (χ1) is 16.0. The molecule has 192 valence electrons. The Hall–Kier alpha value is -2.38. The molecule has 0 aliphatic heterocycles. The highest BCUT2D eigenvalue weighted by Crippen LogP contribution is 2.18. The second-order valence-corrected chi connectivity index (χ2v) is 9.90. The molecule has 0 heterocycles. The van der Waals surface area contributed by atoms with Crippen molar-refractivity contribution in [2.75, 3.05) is 13.2 Å². The molecule has 0 fully saturated rings. The molecule has 1 aromatic rings. The van der Waals surface area contributed by atoms with Crippen molar-refractivity contribution < 1.29 is 24.2 Å². The molecule has 0 aliphatic carbocycles. The Labute approximate surface area is 205 Å². The highest BCUT2D eigenvalue weighted by Gasteiger charge is 2.27. The normalized spacial score (nSPS) is 14.1. The monoisotopic (exact) mass is 476 g/mol. The molecule has 0 saturated heterocycles. The Morgan fingerprint density at radius 1 is 1.18 bits per heavy atom. The summed E-state index contributed by atoms with van der Waals surface area (Å²) in [5.41, 5.74) is 0.753. The maximum absolute atomic E-state index is 12.4. The van der Waals surface area contributed by atoms with Gasteiger partial charge in [-0.15, -0.1) is 0 Å². The number of nitrogens with one attached hydrogen (secondary N) is 2. The van der Waals surface area contributed by atoms with Gasteiger partial charge >= 0.3 is 6.09 Å². The number of amides is 2. The minimum Gasteiger partial charge on any atom is -0.444 e. The molecule has 34 heavy (non-hydrogen) atoms. The molecule has 0 saturated carbocycles. The molecule has 3 atom stereocenters. The van der Waals surface area contributed by atoms with Crippen LogP contribution in [0.4, 0.5) is 4.79 Å². The second-order valence-electron chi connectivity index (χ2n) is 9.90. The van der Waals surface area contributed by atoms with E-state index in [-0.39, 0.29) is 18.2 Å². The number of unbranched alkanes of at least 4 members (excludes halogenated alkanes) is 1. The third-order valence-corrected chi connectivity index (χ3v) is 5.28. The van der Waals surface area contributed by atoms with Gasteiger partial charge in [0.05, 0.1) is 18.8 Å². The maximum Gasteiger partial charge on any atom is 0.407 e. The third kappa shape index (κ3) is 13.4. The fourth-order valence-corrected chi connectivity index (χ4v) is 3.36. The van der Waals surface area contributed by atoms with Gasteiger partial charge in [-0.05, 0) is 51.5 Å². The molecule has 1 rings (SSSR count). The Morgan fingerprint density at radius 3 is 2.47 bits per heavy atom. The van der Waals surface area contributed by atoms with Gasteiger partial charge in [0.25, 0.3) is 0 Å². The number of aliphatic hydroxyl groups is 1. The predicted octanol–water partition coefficient (Wildman–Crippen LogP) is 4.74. The standard InChI is InChI=1S/C27H44N2O5/c1-7-8-15-28-25(31)21(3)18-24(30)23(29-26(32)34-27(4,5)6)17-20(2)14-16-33-19-22-12-10-9-11-13-22/h9-13,20,23-24,30H,3,7-8,14-19H2,1-2,4-6H3,(H,28,31)(H,29,32)/t20-,23-,24-/m0/s1. The molecule has 1 aromatic carbocycles. The number of ether oxygens (including phenoxy) is 2. The van der Waals surface area contributed by atoms with E-state index >= 15 is 0 Å². The molecule has 0 spiro atoms. The lowest BCUT2D eigenvalue weighted by Gasteiger charge is -2.29.